The fourth-order valence-corrected chi connectivity index (χ4v) is 3.13. The fraction of sp³-hybridized carbons (Fsp3) is 0.273. The number of aromatic nitrogens is 2. The third-order valence-electron chi connectivity index (χ3n) is 4.56. The van der Waals surface area contributed by atoms with Crippen LogP contribution in [0.5, 0.6) is 23.0 Å². The number of aromatic hydroxyl groups is 2. The number of ether oxygens (including phenoxy) is 2. The first-order chi connectivity index (χ1) is 14.0. The van der Waals surface area contributed by atoms with Gasteiger partial charge in [-0.3, -0.25) is 4.98 Å². The first-order valence-electron chi connectivity index (χ1n) is 9.38. The van der Waals surface area contributed by atoms with Crippen molar-refractivity contribution in [1.82, 2.24) is 9.97 Å². The fourth-order valence-electron chi connectivity index (χ4n) is 3.13. The van der Waals surface area contributed by atoms with Crippen molar-refractivity contribution in [3.05, 3.63) is 54.4 Å². The first-order valence-corrected chi connectivity index (χ1v) is 9.38. The molecule has 0 radical (unpaired) electrons. The summed E-state index contributed by atoms with van der Waals surface area (Å²) >= 11 is 0. The molecule has 0 spiro atoms. The Morgan fingerprint density at radius 2 is 1.86 bits per heavy atom. The molecule has 152 valence electrons. The number of anilines is 1. The standard InChI is InChI=1S/C22H25N3O4/c1-4-5-18(15-8-16(26)11-17(9-15)28-2)24-22-13-23-12-19(25-22)14-6-7-20(27)21(10-14)29-3/h6-13,18,26-27H,4-5H2,1-3H3,(H,24,25). The van der Waals surface area contributed by atoms with E-state index in [-0.39, 0.29) is 17.5 Å². The highest BCUT2D eigenvalue weighted by Crippen LogP contribution is 2.32. The molecule has 3 aromatic rings. The number of nitrogens with one attached hydrogen (secondary N) is 1. The summed E-state index contributed by atoms with van der Waals surface area (Å²) in [6.07, 6.45) is 5.09. The Labute approximate surface area is 170 Å². The average molecular weight is 395 g/mol. The summed E-state index contributed by atoms with van der Waals surface area (Å²) < 4.78 is 10.4. The van der Waals surface area contributed by atoms with Crippen LogP contribution in [0.2, 0.25) is 0 Å². The molecule has 1 aromatic heterocycles. The van der Waals surface area contributed by atoms with Gasteiger partial charge in [-0.05, 0) is 42.3 Å². The number of hydrogen-bond donors (Lipinski definition) is 3. The minimum atomic E-state index is -0.0695. The molecule has 0 bridgehead atoms. The Kier molecular flexibility index (Phi) is 6.39. The van der Waals surface area contributed by atoms with Gasteiger partial charge in [0, 0.05) is 11.6 Å². The molecule has 2 aromatic carbocycles. The number of benzene rings is 2. The third-order valence-corrected chi connectivity index (χ3v) is 4.56. The van der Waals surface area contributed by atoms with Crippen molar-refractivity contribution >= 4 is 5.82 Å². The van der Waals surface area contributed by atoms with Gasteiger partial charge in [0.05, 0.1) is 38.3 Å². The first kappa shape index (κ1) is 20.3. The molecule has 0 amide bonds. The van der Waals surface area contributed by atoms with Crippen molar-refractivity contribution in [3.8, 4) is 34.3 Å². The molecule has 3 rings (SSSR count). The van der Waals surface area contributed by atoms with E-state index < -0.39 is 0 Å². The van der Waals surface area contributed by atoms with E-state index in [1.807, 2.05) is 6.07 Å². The summed E-state index contributed by atoms with van der Waals surface area (Å²) in [7, 11) is 3.07. The van der Waals surface area contributed by atoms with E-state index in [4.69, 9.17) is 9.47 Å². The minimum Gasteiger partial charge on any atom is -0.508 e. The third kappa shape index (κ3) is 4.87. The zero-order valence-corrected chi connectivity index (χ0v) is 16.7. The highest BCUT2D eigenvalue weighted by atomic mass is 16.5. The van der Waals surface area contributed by atoms with E-state index >= 15 is 0 Å². The van der Waals surface area contributed by atoms with Crippen LogP contribution in [-0.2, 0) is 0 Å². The number of nitrogens with zero attached hydrogens (tertiary/aromatic N) is 2. The van der Waals surface area contributed by atoms with E-state index in [1.165, 1.54) is 7.11 Å². The number of phenolic OH excluding ortho intramolecular Hbond substituents is 2. The molecular formula is C22H25N3O4. The number of phenols is 2. The van der Waals surface area contributed by atoms with Gasteiger partial charge in [0.1, 0.15) is 17.3 Å². The van der Waals surface area contributed by atoms with Crippen LogP contribution in [0.4, 0.5) is 5.82 Å². The van der Waals surface area contributed by atoms with Crippen LogP contribution in [0.3, 0.4) is 0 Å². The molecule has 0 fully saturated rings. The second-order valence-corrected chi connectivity index (χ2v) is 6.63. The van der Waals surface area contributed by atoms with Crippen molar-refractivity contribution in [2.75, 3.05) is 19.5 Å². The maximum Gasteiger partial charge on any atom is 0.161 e. The Morgan fingerprint density at radius 3 is 2.59 bits per heavy atom. The van der Waals surface area contributed by atoms with Crippen molar-refractivity contribution in [1.29, 1.82) is 0 Å². The highest BCUT2D eigenvalue weighted by molar-refractivity contribution is 5.64. The Balaban J connectivity index is 1.90. The summed E-state index contributed by atoms with van der Waals surface area (Å²) in [6.45, 7) is 2.10. The van der Waals surface area contributed by atoms with Crippen molar-refractivity contribution in [2.24, 2.45) is 0 Å². The lowest BCUT2D eigenvalue weighted by Gasteiger charge is -2.20. The monoisotopic (exact) mass is 395 g/mol. The largest absolute Gasteiger partial charge is 0.508 e. The van der Waals surface area contributed by atoms with Gasteiger partial charge in [-0.15, -0.1) is 0 Å². The lowest BCUT2D eigenvalue weighted by Crippen LogP contribution is -2.12. The summed E-state index contributed by atoms with van der Waals surface area (Å²) in [5, 5.41) is 23.2. The predicted octanol–water partition coefficient (Wildman–Crippen LogP) is 4.53. The zero-order chi connectivity index (χ0) is 20.8. The molecule has 1 heterocycles. The van der Waals surface area contributed by atoms with Gasteiger partial charge in [0.2, 0.25) is 0 Å². The number of rotatable bonds is 8. The van der Waals surface area contributed by atoms with Crippen LogP contribution in [0.25, 0.3) is 11.3 Å². The van der Waals surface area contributed by atoms with Gasteiger partial charge in [0.15, 0.2) is 11.5 Å². The molecule has 1 unspecified atom stereocenters. The second kappa shape index (κ2) is 9.14. The molecule has 29 heavy (non-hydrogen) atoms. The van der Waals surface area contributed by atoms with Crippen molar-refractivity contribution in [2.45, 2.75) is 25.8 Å². The molecule has 7 heteroatoms. The summed E-state index contributed by atoms with van der Waals surface area (Å²) in [5.74, 6) is 1.80. The summed E-state index contributed by atoms with van der Waals surface area (Å²) in [5.41, 5.74) is 2.33. The topological polar surface area (TPSA) is 96.7 Å². The zero-order valence-electron chi connectivity index (χ0n) is 16.7. The number of hydrogen-bond acceptors (Lipinski definition) is 7. The van der Waals surface area contributed by atoms with Crippen LogP contribution in [0, 0.1) is 0 Å². The maximum absolute atomic E-state index is 10.0. The van der Waals surface area contributed by atoms with Gasteiger partial charge in [-0.1, -0.05) is 13.3 Å². The average Bonchev–Trinajstić information content (AvgIpc) is 2.73. The quantitative estimate of drug-likeness (QED) is 0.516. The maximum atomic E-state index is 10.0. The molecule has 0 aliphatic heterocycles. The normalized spacial score (nSPS) is 11.7. The lowest BCUT2D eigenvalue weighted by molar-refractivity contribution is 0.373. The van der Waals surface area contributed by atoms with Gasteiger partial charge >= 0.3 is 0 Å². The van der Waals surface area contributed by atoms with Crippen LogP contribution in [0.1, 0.15) is 31.4 Å². The Morgan fingerprint density at radius 1 is 1.03 bits per heavy atom. The van der Waals surface area contributed by atoms with E-state index in [0.717, 1.165) is 24.0 Å². The predicted molar refractivity (Wildman–Crippen MR) is 112 cm³/mol. The van der Waals surface area contributed by atoms with Crippen LogP contribution < -0.4 is 14.8 Å². The van der Waals surface area contributed by atoms with Gasteiger partial charge < -0.3 is 25.0 Å². The minimum absolute atomic E-state index is 0.0688. The van der Waals surface area contributed by atoms with Gasteiger partial charge in [0.25, 0.3) is 0 Å². The molecule has 1 atom stereocenters. The Bertz CT molecular complexity index is 978. The lowest BCUT2D eigenvalue weighted by atomic mass is 10.0. The Hall–Kier alpha value is -3.48. The van der Waals surface area contributed by atoms with E-state index in [1.54, 1.807) is 49.8 Å². The van der Waals surface area contributed by atoms with Crippen LogP contribution in [0.15, 0.2) is 48.8 Å². The molecule has 0 saturated carbocycles. The summed E-state index contributed by atoms with van der Waals surface area (Å²) in [4.78, 5) is 8.95. The van der Waals surface area contributed by atoms with E-state index in [0.29, 0.717) is 23.0 Å². The molecule has 3 N–H and O–H groups in total. The highest BCUT2D eigenvalue weighted by Gasteiger charge is 2.15. The smallest absolute Gasteiger partial charge is 0.161 e. The van der Waals surface area contributed by atoms with Gasteiger partial charge in [-0.25, -0.2) is 4.98 Å². The molecule has 0 saturated heterocycles. The van der Waals surface area contributed by atoms with Crippen LogP contribution in [-0.4, -0.2) is 34.4 Å². The van der Waals surface area contributed by atoms with E-state index in [2.05, 4.69) is 22.2 Å². The van der Waals surface area contributed by atoms with Crippen molar-refractivity contribution in [3.63, 3.8) is 0 Å². The summed E-state index contributed by atoms with van der Waals surface area (Å²) in [6, 6.07) is 10.2. The molecule has 0 aliphatic carbocycles. The molecular weight excluding hydrogens is 370 g/mol. The van der Waals surface area contributed by atoms with Crippen LogP contribution >= 0.6 is 0 Å². The van der Waals surface area contributed by atoms with Gasteiger partial charge in [-0.2, -0.15) is 0 Å². The molecule has 0 aliphatic rings. The molecule has 7 nitrogen and oxygen atoms in total. The SMILES string of the molecule is CCCC(Nc1cncc(-c2ccc(O)c(OC)c2)n1)c1cc(O)cc(OC)c1. The van der Waals surface area contributed by atoms with Crippen molar-refractivity contribution < 1.29 is 19.7 Å². The number of methoxy groups -OCH3 is 2. The second-order valence-electron chi connectivity index (χ2n) is 6.63. The van der Waals surface area contributed by atoms with E-state index in [9.17, 15) is 10.2 Å².